The number of anilines is 1. The molecule has 0 unspecified atom stereocenters. The Morgan fingerprint density at radius 2 is 1.73 bits per heavy atom. The number of para-hydroxylation sites is 1. The fourth-order valence-electron chi connectivity index (χ4n) is 3.49. The van der Waals surface area contributed by atoms with E-state index in [4.69, 9.17) is 0 Å². The summed E-state index contributed by atoms with van der Waals surface area (Å²) in [5.41, 5.74) is 3.71. The van der Waals surface area contributed by atoms with Crippen LogP contribution in [0, 0.1) is 6.92 Å². The number of nitrogens with zero attached hydrogens (tertiary/aromatic N) is 3. The van der Waals surface area contributed by atoms with E-state index in [1.54, 1.807) is 11.8 Å². The lowest BCUT2D eigenvalue weighted by atomic mass is 10.1. The third-order valence-corrected chi connectivity index (χ3v) is 6.12. The van der Waals surface area contributed by atoms with E-state index in [1.807, 2.05) is 6.07 Å². The van der Waals surface area contributed by atoms with E-state index in [0.717, 1.165) is 37.8 Å². The van der Waals surface area contributed by atoms with Gasteiger partial charge in [-0.05, 0) is 31.0 Å². The Hall–Kier alpha value is -2.27. The molecule has 5 heteroatoms. The van der Waals surface area contributed by atoms with Crippen molar-refractivity contribution in [2.75, 3.05) is 31.1 Å². The third kappa shape index (κ3) is 3.78. The molecule has 1 atom stereocenters. The molecule has 2 aromatic rings. The molecule has 1 fully saturated rings. The number of aliphatic imine (C=N–C) groups is 1. The summed E-state index contributed by atoms with van der Waals surface area (Å²) in [6.07, 6.45) is 0.752. The number of rotatable bonds is 3. The summed E-state index contributed by atoms with van der Waals surface area (Å²) in [4.78, 5) is 21.4. The van der Waals surface area contributed by atoms with E-state index in [-0.39, 0.29) is 11.2 Å². The number of amidine groups is 1. The van der Waals surface area contributed by atoms with Crippen LogP contribution in [0.5, 0.6) is 0 Å². The molecule has 0 saturated carbocycles. The van der Waals surface area contributed by atoms with Crippen LogP contribution in [-0.4, -0.2) is 47.4 Å². The van der Waals surface area contributed by atoms with E-state index in [0.29, 0.717) is 0 Å². The van der Waals surface area contributed by atoms with Gasteiger partial charge in [0.2, 0.25) is 0 Å². The van der Waals surface area contributed by atoms with Gasteiger partial charge in [0.1, 0.15) is 0 Å². The molecule has 26 heavy (non-hydrogen) atoms. The Morgan fingerprint density at radius 3 is 2.46 bits per heavy atom. The van der Waals surface area contributed by atoms with E-state index in [1.165, 1.54) is 16.8 Å². The second-order valence-corrected chi connectivity index (χ2v) is 8.01. The monoisotopic (exact) mass is 365 g/mol. The normalized spacial score (nSPS) is 20.4. The SMILES string of the molecule is Cc1cccc(C[C@@H]2SC(N3CCN(c4ccccc4)CC3)=NC2=O)c1. The lowest BCUT2D eigenvalue weighted by molar-refractivity contribution is -0.117. The van der Waals surface area contributed by atoms with Gasteiger partial charge in [-0.15, -0.1) is 0 Å². The molecular weight excluding hydrogens is 342 g/mol. The van der Waals surface area contributed by atoms with Gasteiger partial charge in [0.15, 0.2) is 5.17 Å². The molecule has 1 saturated heterocycles. The lowest BCUT2D eigenvalue weighted by Crippen LogP contribution is -2.47. The van der Waals surface area contributed by atoms with Crippen molar-refractivity contribution in [2.45, 2.75) is 18.6 Å². The first kappa shape index (κ1) is 17.2. The maximum absolute atomic E-state index is 12.4. The minimum absolute atomic E-state index is 0.0111. The fraction of sp³-hybridized carbons (Fsp3) is 0.333. The first-order valence-electron chi connectivity index (χ1n) is 9.09. The largest absolute Gasteiger partial charge is 0.368 e. The second kappa shape index (κ2) is 7.54. The number of hydrogen-bond donors (Lipinski definition) is 0. The number of carbonyl (C=O) groups excluding carboxylic acids is 1. The molecule has 2 aromatic carbocycles. The number of thioether (sulfide) groups is 1. The van der Waals surface area contributed by atoms with Crippen molar-refractivity contribution >= 4 is 28.5 Å². The Bertz CT molecular complexity index is 813. The molecule has 0 N–H and O–H groups in total. The summed E-state index contributed by atoms with van der Waals surface area (Å²) in [5, 5.41) is 0.819. The van der Waals surface area contributed by atoms with E-state index in [2.05, 4.69) is 70.2 Å². The van der Waals surface area contributed by atoms with Gasteiger partial charge in [-0.3, -0.25) is 4.79 Å². The number of hydrogen-bond acceptors (Lipinski definition) is 4. The van der Waals surface area contributed by atoms with Gasteiger partial charge in [0, 0.05) is 31.9 Å². The molecule has 134 valence electrons. The number of piperazine rings is 1. The molecule has 2 heterocycles. The topological polar surface area (TPSA) is 35.9 Å². The number of aryl methyl sites for hydroxylation is 1. The molecule has 2 aliphatic rings. The van der Waals surface area contributed by atoms with Crippen LogP contribution in [0.4, 0.5) is 5.69 Å². The van der Waals surface area contributed by atoms with Crippen LogP contribution in [0.3, 0.4) is 0 Å². The van der Waals surface area contributed by atoms with Gasteiger partial charge in [-0.25, -0.2) is 0 Å². The van der Waals surface area contributed by atoms with Gasteiger partial charge < -0.3 is 9.80 Å². The molecular formula is C21H23N3OS. The first-order chi connectivity index (χ1) is 12.7. The quantitative estimate of drug-likeness (QED) is 0.836. The number of benzene rings is 2. The maximum atomic E-state index is 12.4. The minimum Gasteiger partial charge on any atom is -0.368 e. The second-order valence-electron chi connectivity index (χ2n) is 6.84. The molecule has 0 aliphatic carbocycles. The summed E-state index contributed by atoms with van der Waals surface area (Å²) < 4.78 is 0. The molecule has 4 nitrogen and oxygen atoms in total. The molecule has 0 bridgehead atoms. The molecule has 4 rings (SSSR count). The Balaban J connectivity index is 1.35. The van der Waals surface area contributed by atoms with Crippen LogP contribution < -0.4 is 4.90 Å². The predicted octanol–water partition coefficient (Wildman–Crippen LogP) is 3.36. The standard InChI is InChI=1S/C21H23N3OS/c1-16-6-5-7-17(14-16)15-19-20(25)22-21(26-19)24-12-10-23(11-13-24)18-8-3-2-4-9-18/h2-9,14,19H,10-13,15H2,1H3/t19-/m0/s1. The van der Waals surface area contributed by atoms with Crippen LogP contribution in [0.2, 0.25) is 0 Å². The molecule has 0 radical (unpaired) electrons. The van der Waals surface area contributed by atoms with Crippen LogP contribution in [-0.2, 0) is 11.2 Å². The highest BCUT2D eigenvalue weighted by Crippen LogP contribution is 2.29. The van der Waals surface area contributed by atoms with Crippen LogP contribution >= 0.6 is 11.8 Å². The Kier molecular flexibility index (Phi) is 4.98. The summed E-state index contributed by atoms with van der Waals surface area (Å²) in [5.74, 6) is 0.0111. The first-order valence-corrected chi connectivity index (χ1v) is 9.97. The highest BCUT2D eigenvalue weighted by atomic mass is 32.2. The minimum atomic E-state index is -0.0843. The van der Waals surface area contributed by atoms with E-state index >= 15 is 0 Å². The zero-order chi connectivity index (χ0) is 17.9. The Labute approximate surface area is 158 Å². The molecule has 0 aromatic heterocycles. The average Bonchev–Trinajstić information content (AvgIpc) is 3.03. The summed E-state index contributed by atoms with van der Waals surface area (Å²) in [6.45, 7) is 5.82. The Morgan fingerprint density at radius 1 is 1.00 bits per heavy atom. The van der Waals surface area contributed by atoms with Crippen molar-refractivity contribution < 1.29 is 4.79 Å². The van der Waals surface area contributed by atoms with Gasteiger partial charge in [-0.1, -0.05) is 59.8 Å². The van der Waals surface area contributed by atoms with Crippen molar-refractivity contribution in [1.29, 1.82) is 0 Å². The van der Waals surface area contributed by atoms with Gasteiger partial charge in [0.25, 0.3) is 5.91 Å². The van der Waals surface area contributed by atoms with Crippen molar-refractivity contribution in [3.8, 4) is 0 Å². The summed E-state index contributed by atoms with van der Waals surface area (Å²) in [6, 6.07) is 18.9. The van der Waals surface area contributed by atoms with Gasteiger partial charge in [-0.2, -0.15) is 4.99 Å². The zero-order valence-corrected chi connectivity index (χ0v) is 15.8. The fourth-order valence-corrected chi connectivity index (χ4v) is 4.65. The van der Waals surface area contributed by atoms with Crippen LogP contribution in [0.1, 0.15) is 11.1 Å². The van der Waals surface area contributed by atoms with Gasteiger partial charge in [0.05, 0.1) is 5.25 Å². The van der Waals surface area contributed by atoms with E-state index < -0.39 is 0 Å². The molecule has 0 spiro atoms. The maximum Gasteiger partial charge on any atom is 0.262 e. The van der Waals surface area contributed by atoms with Crippen molar-refractivity contribution in [3.63, 3.8) is 0 Å². The van der Waals surface area contributed by atoms with E-state index in [9.17, 15) is 4.79 Å². The predicted molar refractivity (Wildman–Crippen MR) is 109 cm³/mol. The lowest BCUT2D eigenvalue weighted by Gasteiger charge is -2.36. The van der Waals surface area contributed by atoms with Crippen molar-refractivity contribution in [1.82, 2.24) is 4.90 Å². The summed E-state index contributed by atoms with van der Waals surface area (Å²) in [7, 11) is 0. The average molecular weight is 366 g/mol. The van der Waals surface area contributed by atoms with Crippen LogP contribution in [0.25, 0.3) is 0 Å². The number of amides is 1. The smallest absolute Gasteiger partial charge is 0.262 e. The number of carbonyl (C=O) groups is 1. The summed E-state index contributed by atoms with van der Waals surface area (Å²) >= 11 is 1.63. The van der Waals surface area contributed by atoms with Crippen molar-refractivity contribution in [3.05, 3.63) is 65.7 Å². The third-order valence-electron chi connectivity index (χ3n) is 4.90. The van der Waals surface area contributed by atoms with Crippen LogP contribution in [0.15, 0.2) is 59.6 Å². The molecule has 1 amide bonds. The molecule has 2 aliphatic heterocycles. The van der Waals surface area contributed by atoms with Crippen molar-refractivity contribution in [2.24, 2.45) is 4.99 Å². The highest BCUT2D eigenvalue weighted by molar-refractivity contribution is 8.15. The van der Waals surface area contributed by atoms with Gasteiger partial charge >= 0.3 is 0 Å². The highest BCUT2D eigenvalue weighted by Gasteiger charge is 2.32. The zero-order valence-electron chi connectivity index (χ0n) is 15.0.